The predicted molar refractivity (Wildman–Crippen MR) is 36.3 cm³/mol. The first kappa shape index (κ1) is 10.1. The van der Waals surface area contributed by atoms with E-state index >= 15 is 0 Å². The highest BCUT2D eigenvalue weighted by Crippen LogP contribution is 2.37. The molecule has 0 aromatic heterocycles. The van der Waals surface area contributed by atoms with Gasteiger partial charge in [0.15, 0.2) is 0 Å². The van der Waals surface area contributed by atoms with Gasteiger partial charge >= 0.3 is 7.82 Å². The first-order valence-electron chi connectivity index (χ1n) is 2.93. The third-order valence-corrected chi connectivity index (χ3v) is 1.58. The maximum atomic E-state index is 10.2. The van der Waals surface area contributed by atoms with Crippen molar-refractivity contribution in [2.75, 3.05) is 6.54 Å². The maximum Gasteiger partial charge on any atom is 0.469 e. The van der Waals surface area contributed by atoms with Gasteiger partial charge in [0.1, 0.15) is 0 Å². The van der Waals surface area contributed by atoms with Gasteiger partial charge in [-0.3, -0.25) is 4.52 Å². The molecule has 0 aromatic rings. The molecular formula is C4H12NO4P. The van der Waals surface area contributed by atoms with Crippen molar-refractivity contribution in [2.45, 2.75) is 19.4 Å². The molecule has 0 saturated heterocycles. The molecule has 0 rings (SSSR count). The molecule has 6 heteroatoms. The number of hydrogen-bond acceptors (Lipinski definition) is 3. The van der Waals surface area contributed by atoms with Crippen LogP contribution in [0, 0.1) is 0 Å². The Morgan fingerprint density at radius 1 is 1.70 bits per heavy atom. The van der Waals surface area contributed by atoms with E-state index < -0.39 is 13.9 Å². The number of phosphoric ester groups is 1. The molecule has 0 aliphatic rings. The van der Waals surface area contributed by atoms with E-state index in [9.17, 15) is 4.57 Å². The van der Waals surface area contributed by atoms with Crippen molar-refractivity contribution in [3.63, 3.8) is 0 Å². The summed E-state index contributed by atoms with van der Waals surface area (Å²) in [6, 6.07) is 0. The van der Waals surface area contributed by atoms with Gasteiger partial charge in [0, 0.05) is 6.54 Å². The molecule has 1 atom stereocenters. The first-order valence-corrected chi connectivity index (χ1v) is 4.46. The van der Waals surface area contributed by atoms with Crippen LogP contribution in [0.15, 0.2) is 0 Å². The van der Waals surface area contributed by atoms with Crippen LogP contribution in [0.3, 0.4) is 0 Å². The number of phosphoric acid groups is 1. The quantitative estimate of drug-likeness (QED) is 0.508. The van der Waals surface area contributed by atoms with Gasteiger partial charge in [0.2, 0.25) is 0 Å². The molecule has 62 valence electrons. The van der Waals surface area contributed by atoms with Gasteiger partial charge in [0.25, 0.3) is 0 Å². The second-order valence-electron chi connectivity index (χ2n) is 1.86. The average Bonchev–Trinajstić information content (AvgIpc) is 1.81. The van der Waals surface area contributed by atoms with Crippen LogP contribution in [0.4, 0.5) is 0 Å². The van der Waals surface area contributed by atoms with Crippen molar-refractivity contribution in [1.29, 1.82) is 0 Å². The third kappa shape index (κ3) is 4.90. The Bertz CT molecular complexity index is 129. The molecule has 10 heavy (non-hydrogen) atoms. The summed E-state index contributed by atoms with van der Waals surface area (Å²) in [5.41, 5.74) is 5.12. The van der Waals surface area contributed by atoms with Gasteiger partial charge in [-0.05, 0) is 6.42 Å². The highest BCUT2D eigenvalue weighted by atomic mass is 31.2. The highest BCUT2D eigenvalue weighted by molar-refractivity contribution is 7.46. The zero-order valence-electron chi connectivity index (χ0n) is 5.73. The van der Waals surface area contributed by atoms with E-state index in [0.29, 0.717) is 6.42 Å². The van der Waals surface area contributed by atoms with Crippen LogP contribution < -0.4 is 5.73 Å². The molecule has 0 bridgehead atoms. The molecule has 0 aromatic carbocycles. The molecule has 0 aliphatic carbocycles. The predicted octanol–water partition coefficient (Wildman–Crippen LogP) is -0.167. The zero-order chi connectivity index (χ0) is 8.20. The first-order chi connectivity index (χ1) is 4.49. The van der Waals surface area contributed by atoms with Crippen molar-refractivity contribution in [2.24, 2.45) is 5.73 Å². The lowest BCUT2D eigenvalue weighted by Gasteiger charge is -2.13. The van der Waals surface area contributed by atoms with Crippen molar-refractivity contribution >= 4 is 7.82 Å². The summed E-state index contributed by atoms with van der Waals surface area (Å²) in [6.07, 6.45) is -0.0393. The lowest BCUT2D eigenvalue weighted by molar-refractivity contribution is 0.135. The summed E-state index contributed by atoms with van der Waals surface area (Å²) in [6.45, 7) is 1.87. The Labute approximate surface area is 59.4 Å². The van der Waals surface area contributed by atoms with Gasteiger partial charge in [-0.2, -0.15) is 0 Å². The molecule has 0 fully saturated rings. The summed E-state index contributed by atoms with van der Waals surface area (Å²) >= 11 is 0. The van der Waals surface area contributed by atoms with Crippen LogP contribution in [0.5, 0.6) is 0 Å². The Kier molecular flexibility index (Phi) is 4.08. The van der Waals surface area contributed by atoms with Gasteiger partial charge in [0.05, 0.1) is 6.10 Å². The largest absolute Gasteiger partial charge is 0.469 e. The second kappa shape index (κ2) is 4.05. The standard InChI is InChI=1S/C4H12NO4P/c1-2-4(3-5)9-10(6,7)8/h4H,2-3,5H2,1H3,(H2,6,7,8). The van der Waals surface area contributed by atoms with Crippen LogP contribution in [0.2, 0.25) is 0 Å². The van der Waals surface area contributed by atoms with Crippen molar-refractivity contribution in [1.82, 2.24) is 0 Å². The summed E-state index contributed by atoms with van der Waals surface area (Å²) in [5, 5.41) is 0. The topological polar surface area (TPSA) is 92.8 Å². The van der Waals surface area contributed by atoms with Crippen LogP contribution in [0.1, 0.15) is 13.3 Å². The monoisotopic (exact) mass is 169 g/mol. The van der Waals surface area contributed by atoms with Crippen LogP contribution in [0.25, 0.3) is 0 Å². The maximum absolute atomic E-state index is 10.2. The molecule has 0 aliphatic heterocycles. The van der Waals surface area contributed by atoms with E-state index in [1.54, 1.807) is 6.92 Å². The fourth-order valence-electron chi connectivity index (χ4n) is 0.478. The van der Waals surface area contributed by atoms with Gasteiger partial charge in [-0.15, -0.1) is 0 Å². The molecule has 5 nitrogen and oxygen atoms in total. The minimum Gasteiger partial charge on any atom is -0.328 e. The van der Waals surface area contributed by atoms with E-state index in [1.807, 2.05) is 0 Å². The van der Waals surface area contributed by atoms with Crippen molar-refractivity contribution in [3.8, 4) is 0 Å². The van der Waals surface area contributed by atoms with Crippen molar-refractivity contribution < 1.29 is 18.9 Å². The van der Waals surface area contributed by atoms with Crippen LogP contribution >= 0.6 is 7.82 Å². The molecule has 0 amide bonds. The number of hydrogen-bond donors (Lipinski definition) is 3. The fraction of sp³-hybridized carbons (Fsp3) is 1.00. The Morgan fingerprint density at radius 2 is 2.20 bits per heavy atom. The number of nitrogens with two attached hydrogens (primary N) is 1. The summed E-state index contributed by atoms with van der Waals surface area (Å²) in [4.78, 5) is 16.6. The molecular weight excluding hydrogens is 157 g/mol. The summed E-state index contributed by atoms with van der Waals surface area (Å²) < 4.78 is 14.5. The fourth-order valence-corrected chi connectivity index (χ4v) is 1.10. The minimum atomic E-state index is -4.33. The van der Waals surface area contributed by atoms with Gasteiger partial charge in [-0.25, -0.2) is 4.57 Å². The van der Waals surface area contributed by atoms with E-state index in [0.717, 1.165) is 0 Å². The molecule has 1 unspecified atom stereocenters. The third-order valence-electron chi connectivity index (χ3n) is 1.00. The average molecular weight is 169 g/mol. The Morgan fingerprint density at radius 3 is 2.30 bits per heavy atom. The molecule has 4 N–H and O–H groups in total. The molecule has 0 radical (unpaired) electrons. The van der Waals surface area contributed by atoms with Crippen LogP contribution in [-0.4, -0.2) is 22.4 Å². The lowest BCUT2D eigenvalue weighted by atomic mass is 10.3. The Balaban J connectivity index is 3.75. The van der Waals surface area contributed by atoms with E-state index in [2.05, 4.69) is 4.52 Å². The summed E-state index contributed by atoms with van der Waals surface area (Å²) in [5.74, 6) is 0. The minimum absolute atomic E-state index is 0.127. The van der Waals surface area contributed by atoms with Gasteiger partial charge in [-0.1, -0.05) is 6.92 Å². The van der Waals surface area contributed by atoms with E-state index in [4.69, 9.17) is 15.5 Å². The van der Waals surface area contributed by atoms with Crippen LogP contribution in [-0.2, 0) is 9.09 Å². The van der Waals surface area contributed by atoms with E-state index in [1.165, 1.54) is 0 Å². The molecule has 0 spiro atoms. The molecule has 0 heterocycles. The number of rotatable bonds is 4. The van der Waals surface area contributed by atoms with E-state index in [-0.39, 0.29) is 6.54 Å². The zero-order valence-corrected chi connectivity index (χ0v) is 6.62. The normalized spacial score (nSPS) is 15.2. The summed E-state index contributed by atoms with van der Waals surface area (Å²) in [7, 11) is -4.33. The Hall–Kier alpha value is 0.0700. The SMILES string of the molecule is CCC(CN)OP(=O)(O)O. The van der Waals surface area contributed by atoms with Gasteiger partial charge < -0.3 is 15.5 Å². The van der Waals surface area contributed by atoms with Crippen molar-refractivity contribution in [3.05, 3.63) is 0 Å². The second-order valence-corrected chi connectivity index (χ2v) is 3.05. The smallest absolute Gasteiger partial charge is 0.328 e. The molecule has 0 saturated carbocycles. The highest BCUT2D eigenvalue weighted by Gasteiger charge is 2.19. The lowest BCUT2D eigenvalue weighted by Crippen LogP contribution is -2.21.